The summed E-state index contributed by atoms with van der Waals surface area (Å²) < 4.78 is 1.82. The van der Waals surface area contributed by atoms with Gasteiger partial charge in [0.05, 0.1) is 16.1 Å². The summed E-state index contributed by atoms with van der Waals surface area (Å²) in [6, 6.07) is 0. The molecule has 3 aromatic rings. The molecule has 0 N–H and O–H groups in total. The molecule has 0 fully saturated rings. The molecule has 3 rings (SSSR count). The molecule has 0 aliphatic rings. The van der Waals surface area contributed by atoms with Gasteiger partial charge in [0.15, 0.2) is 16.6 Å². The molecule has 0 aromatic carbocycles. The summed E-state index contributed by atoms with van der Waals surface area (Å²) in [7, 11) is 0. The zero-order valence-electron chi connectivity index (χ0n) is 8.25. The van der Waals surface area contributed by atoms with Gasteiger partial charge in [-0.25, -0.2) is 9.97 Å². The highest BCUT2D eigenvalue weighted by molar-refractivity contribution is 7.13. The molecule has 0 saturated carbocycles. The van der Waals surface area contributed by atoms with Crippen LogP contribution in [0.3, 0.4) is 0 Å². The average Bonchev–Trinajstić information content (AvgIpc) is 2.84. The number of rotatable bonds is 1. The Morgan fingerprint density at radius 1 is 1.31 bits per heavy atom. The minimum atomic E-state index is 0.350. The molecule has 0 aliphatic carbocycles. The predicted molar refractivity (Wildman–Crippen MR) is 61.6 cm³/mol. The Morgan fingerprint density at radius 3 is 2.94 bits per heavy atom. The van der Waals surface area contributed by atoms with Crippen LogP contribution in [0.25, 0.3) is 16.3 Å². The third kappa shape index (κ3) is 1.30. The molecule has 0 radical (unpaired) electrons. The largest absolute Gasteiger partial charge is 0.278 e. The molecule has 0 bridgehead atoms. The molecule has 0 spiro atoms. The van der Waals surface area contributed by atoms with Crippen LogP contribution in [0.5, 0.6) is 0 Å². The van der Waals surface area contributed by atoms with E-state index in [0.29, 0.717) is 10.8 Å². The molecule has 80 valence electrons. The van der Waals surface area contributed by atoms with Crippen LogP contribution >= 0.6 is 22.9 Å². The monoisotopic (exact) mass is 251 g/mol. The quantitative estimate of drug-likeness (QED) is 0.665. The smallest absolute Gasteiger partial charge is 0.198 e. The molecule has 0 atom stereocenters. The molecule has 3 heterocycles. The van der Waals surface area contributed by atoms with Crippen molar-refractivity contribution in [2.24, 2.45) is 0 Å². The van der Waals surface area contributed by atoms with E-state index in [1.54, 1.807) is 17.9 Å². The Balaban J connectivity index is 2.34. The first-order chi connectivity index (χ1) is 7.77. The number of fused-ring (bicyclic) bond motifs is 1. The lowest BCUT2D eigenvalue weighted by Crippen LogP contribution is -1.90. The van der Waals surface area contributed by atoms with Crippen LogP contribution < -0.4 is 0 Å². The van der Waals surface area contributed by atoms with Crippen molar-refractivity contribution in [3.8, 4) is 10.7 Å². The van der Waals surface area contributed by atoms with Gasteiger partial charge in [0.25, 0.3) is 0 Å². The predicted octanol–water partition coefficient (Wildman–Crippen LogP) is 2.21. The van der Waals surface area contributed by atoms with Crippen LogP contribution in [0.15, 0.2) is 17.9 Å². The van der Waals surface area contributed by atoms with Crippen molar-refractivity contribution in [2.45, 2.75) is 6.92 Å². The van der Waals surface area contributed by atoms with Crippen molar-refractivity contribution >= 4 is 28.6 Å². The number of hydrogen-bond donors (Lipinski definition) is 0. The van der Waals surface area contributed by atoms with E-state index >= 15 is 0 Å². The summed E-state index contributed by atoms with van der Waals surface area (Å²) in [4.78, 5) is 9.14. The molecule has 5 nitrogen and oxygen atoms in total. The van der Waals surface area contributed by atoms with E-state index in [0.717, 1.165) is 16.4 Å². The third-order valence-corrected chi connectivity index (χ3v) is 3.42. The standard InChI is InChI=1S/C9H6ClN5S/c1-5-6(16-4-12-5)8-13-14-9-7(10)11-2-3-15(8)9/h2-4H,1H3. The second-order valence-electron chi connectivity index (χ2n) is 3.20. The molecule has 3 aromatic heterocycles. The summed E-state index contributed by atoms with van der Waals surface area (Å²) in [5, 5.41) is 8.48. The SMILES string of the molecule is Cc1ncsc1-c1nnc2c(Cl)nccn12. The second kappa shape index (κ2) is 3.50. The fraction of sp³-hybridized carbons (Fsp3) is 0.111. The van der Waals surface area contributed by atoms with Crippen molar-refractivity contribution in [3.63, 3.8) is 0 Å². The fourth-order valence-electron chi connectivity index (χ4n) is 1.47. The summed E-state index contributed by atoms with van der Waals surface area (Å²) in [6.45, 7) is 1.94. The molecule has 0 saturated heterocycles. The first-order valence-electron chi connectivity index (χ1n) is 4.53. The van der Waals surface area contributed by atoms with Gasteiger partial charge in [-0.05, 0) is 6.92 Å². The number of aromatic nitrogens is 5. The Hall–Kier alpha value is -1.53. The Labute approximate surface area is 99.8 Å². The normalized spacial score (nSPS) is 11.1. The highest BCUT2D eigenvalue weighted by Crippen LogP contribution is 2.26. The van der Waals surface area contributed by atoms with Gasteiger partial charge < -0.3 is 0 Å². The summed E-state index contributed by atoms with van der Waals surface area (Å²) in [5.41, 5.74) is 3.29. The maximum atomic E-state index is 5.92. The van der Waals surface area contributed by atoms with Crippen LogP contribution in [0.2, 0.25) is 5.15 Å². The van der Waals surface area contributed by atoms with E-state index < -0.39 is 0 Å². The van der Waals surface area contributed by atoms with E-state index in [2.05, 4.69) is 20.2 Å². The molecular weight excluding hydrogens is 246 g/mol. The van der Waals surface area contributed by atoms with E-state index in [1.807, 2.05) is 11.3 Å². The van der Waals surface area contributed by atoms with Gasteiger partial charge >= 0.3 is 0 Å². The van der Waals surface area contributed by atoms with Gasteiger partial charge in [-0.1, -0.05) is 11.6 Å². The second-order valence-corrected chi connectivity index (χ2v) is 4.41. The number of halogens is 1. The van der Waals surface area contributed by atoms with Crippen LogP contribution in [0.4, 0.5) is 0 Å². The molecular formula is C9H6ClN5S. The van der Waals surface area contributed by atoms with Gasteiger partial charge in [0.1, 0.15) is 0 Å². The minimum Gasteiger partial charge on any atom is -0.278 e. The van der Waals surface area contributed by atoms with Gasteiger partial charge in [-0.2, -0.15) is 0 Å². The van der Waals surface area contributed by atoms with E-state index in [4.69, 9.17) is 11.6 Å². The van der Waals surface area contributed by atoms with Gasteiger partial charge in [0, 0.05) is 12.4 Å². The maximum absolute atomic E-state index is 5.92. The average molecular weight is 252 g/mol. The molecule has 7 heteroatoms. The zero-order valence-corrected chi connectivity index (χ0v) is 9.83. The molecule has 0 unspecified atom stereocenters. The lowest BCUT2D eigenvalue weighted by Gasteiger charge is -1.97. The third-order valence-electron chi connectivity index (χ3n) is 2.23. The number of hydrogen-bond acceptors (Lipinski definition) is 5. The van der Waals surface area contributed by atoms with Crippen LogP contribution in [-0.4, -0.2) is 24.6 Å². The maximum Gasteiger partial charge on any atom is 0.198 e. The van der Waals surface area contributed by atoms with E-state index in [-0.39, 0.29) is 0 Å². The first kappa shape index (κ1) is 9.68. The first-order valence-corrected chi connectivity index (χ1v) is 5.79. The van der Waals surface area contributed by atoms with Gasteiger partial charge in [-0.3, -0.25) is 4.40 Å². The fourth-order valence-corrected chi connectivity index (χ4v) is 2.44. The van der Waals surface area contributed by atoms with Crippen LogP contribution in [-0.2, 0) is 0 Å². The van der Waals surface area contributed by atoms with E-state index in [9.17, 15) is 0 Å². The Kier molecular flexibility index (Phi) is 2.12. The van der Waals surface area contributed by atoms with Gasteiger partial charge in [0.2, 0.25) is 0 Å². The van der Waals surface area contributed by atoms with Crippen molar-refractivity contribution in [3.05, 3.63) is 28.8 Å². The highest BCUT2D eigenvalue weighted by atomic mass is 35.5. The Morgan fingerprint density at radius 2 is 2.19 bits per heavy atom. The number of aryl methyl sites for hydroxylation is 1. The summed E-state index contributed by atoms with van der Waals surface area (Å²) in [5.74, 6) is 0.749. The number of thiazole rings is 1. The minimum absolute atomic E-state index is 0.350. The van der Waals surface area contributed by atoms with Gasteiger partial charge in [-0.15, -0.1) is 21.5 Å². The molecule has 16 heavy (non-hydrogen) atoms. The van der Waals surface area contributed by atoms with Crippen molar-refractivity contribution in [1.29, 1.82) is 0 Å². The van der Waals surface area contributed by atoms with Crippen molar-refractivity contribution in [2.75, 3.05) is 0 Å². The van der Waals surface area contributed by atoms with Crippen molar-refractivity contribution in [1.82, 2.24) is 24.6 Å². The highest BCUT2D eigenvalue weighted by Gasteiger charge is 2.14. The van der Waals surface area contributed by atoms with Crippen LogP contribution in [0, 0.1) is 6.92 Å². The Bertz CT molecular complexity index is 659. The zero-order chi connectivity index (χ0) is 11.1. The van der Waals surface area contributed by atoms with E-state index in [1.165, 1.54) is 11.3 Å². The summed E-state index contributed by atoms with van der Waals surface area (Å²) >= 11 is 7.45. The number of nitrogens with zero attached hydrogens (tertiary/aromatic N) is 5. The topological polar surface area (TPSA) is 56.0 Å². The molecule has 0 aliphatic heterocycles. The lowest BCUT2D eigenvalue weighted by molar-refractivity contribution is 1.11. The molecule has 0 amide bonds. The van der Waals surface area contributed by atoms with Crippen LogP contribution in [0.1, 0.15) is 5.69 Å². The lowest BCUT2D eigenvalue weighted by atomic mass is 10.4. The van der Waals surface area contributed by atoms with Crippen molar-refractivity contribution < 1.29 is 0 Å². The summed E-state index contributed by atoms with van der Waals surface area (Å²) in [6.07, 6.45) is 3.41.